The van der Waals surface area contributed by atoms with Gasteiger partial charge in [-0.1, -0.05) is 11.8 Å². The highest BCUT2D eigenvalue weighted by Gasteiger charge is 2.12. The highest BCUT2D eigenvalue weighted by atomic mass is 32.2. The van der Waals surface area contributed by atoms with Crippen LogP contribution in [0, 0.1) is 0 Å². The van der Waals surface area contributed by atoms with Crippen molar-refractivity contribution in [1.82, 2.24) is 15.1 Å². The average molecular weight is 238 g/mol. The van der Waals surface area contributed by atoms with Gasteiger partial charge in [-0.05, 0) is 25.8 Å². The molecule has 16 heavy (non-hydrogen) atoms. The first kappa shape index (κ1) is 11.5. The first-order chi connectivity index (χ1) is 7.84. The second kappa shape index (κ2) is 5.94. The first-order valence-corrected chi connectivity index (χ1v) is 6.74. The number of nitrogens with one attached hydrogen (secondary N) is 1. The molecule has 4 nitrogen and oxygen atoms in total. The number of rotatable bonds is 4. The van der Waals surface area contributed by atoms with Crippen LogP contribution >= 0.6 is 11.8 Å². The maximum absolute atomic E-state index is 4.56. The van der Waals surface area contributed by atoms with Crippen LogP contribution in [0.25, 0.3) is 0 Å². The number of thioether (sulfide) groups is 1. The van der Waals surface area contributed by atoms with Gasteiger partial charge < -0.3 is 5.32 Å². The van der Waals surface area contributed by atoms with Gasteiger partial charge in [0.1, 0.15) is 0 Å². The fourth-order valence-corrected chi connectivity index (χ4v) is 2.73. The first-order valence-electron chi connectivity index (χ1n) is 5.76. The third-order valence-electron chi connectivity index (χ3n) is 2.52. The maximum Gasteiger partial charge on any atom is 0.156 e. The molecular formula is C11H18N4S. The average Bonchev–Trinajstić information content (AvgIpc) is 2.77. The molecule has 0 aliphatic carbocycles. The van der Waals surface area contributed by atoms with E-state index in [0.29, 0.717) is 6.04 Å². The topological polar surface area (TPSA) is 42.2 Å². The molecule has 2 rings (SSSR count). The molecule has 0 spiro atoms. The lowest BCUT2D eigenvalue weighted by Crippen LogP contribution is -2.35. The van der Waals surface area contributed by atoms with Gasteiger partial charge in [-0.3, -0.25) is 9.67 Å². The zero-order valence-corrected chi connectivity index (χ0v) is 10.4. The summed E-state index contributed by atoms with van der Waals surface area (Å²) in [5.41, 5.74) is 0. The van der Waals surface area contributed by atoms with Crippen molar-refractivity contribution >= 4 is 16.9 Å². The molecule has 5 heteroatoms. The quantitative estimate of drug-likeness (QED) is 0.813. The monoisotopic (exact) mass is 238 g/mol. The minimum atomic E-state index is 0.575. The Kier molecular flexibility index (Phi) is 4.27. The van der Waals surface area contributed by atoms with E-state index in [1.807, 2.05) is 34.9 Å². The standard InChI is InChI=1S/C11H18N4S/c1-10-4-9-16-11(14-10)12-5-2-7-15-8-3-6-13-15/h3,6,8,10H,2,4-5,7,9H2,1H3,(H,12,14). The molecule has 1 saturated heterocycles. The van der Waals surface area contributed by atoms with Crippen molar-refractivity contribution in [3.63, 3.8) is 0 Å². The summed E-state index contributed by atoms with van der Waals surface area (Å²) in [6, 6.07) is 2.53. The predicted octanol–water partition coefficient (Wildman–Crippen LogP) is 1.74. The Labute approximate surface area is 101 Å². The molecule has 1 unspecified atom stereocenters. The van der Waals surface area contributed by atoms with Crippen LogP contribution in [0.2, 0.25) is 0 Å². The van der Waals surface area contributed by atoms with Crippen LogP contribution < -0.4 is 5.32 Å². The van der Waals surface area contributed by atoms with Crippen LogP contribution in [0.1, 0.15) is 19.8 Å². The Morgan fingerprint density at radius 2 is 2.62 bits per heavy atom. The third kappa shape index (κ3) is 3.56. The summed E-state index contributed by atoms with van der Waals surface area (Å²) in [6.45, 7) is 4.03. The van der Waals surface area contributed by atoms with Crippen molar-refractivity contribution in [1.29, 1.82) is 0 Å². The van der Waals surface area contributed by atoms with E-state index in [1.54, 1.807) is 0 Å². The fourth-order valence-electron chi connectivity index (χ4n) is 1.59. The summed E-state index contributed by atoms with van der Waals surface area (Å²) >= 11 is 1.83. The van der Waals surface area contributed by atoms with Gasteiger partial charge in [0.15, 0.2) is 5.17 Å². The van der Waals surface area contributed by atoms with E-state index in [-0.39, 0.29) is 0 Å². The third-order valence-corrected chi connectivity index (χ3v) is 3.48. The molecule has 1 atom stereocenters. The molecule has 1 aliphatic heterocycles. The smallest absolute Gasteiger partial charge is 0.156 e. The van der Waals surface area contributed by atoms with Gasteiger partial charge >= 0.3 is 0 Å². The zero-order valence-electron chi connectivity index (χ0n) is 9.59. The van der Waals surface area contributed by atoms with Gasteiger partial charge in [0.05, 0.1) is 0 Å². The van der Waals surface area contributed by atoms with Crippen molar-refractivity contribution in [3.05, 3.63) is 18.5 Å². The van der Waals surface area contributed by atoms with E-state index < -0.39 is 0 Å². The number of aryl methyl sites for hydroxylation is 1. The van der Waals surface area contributed by atoms with Gasteiger partial charge in [0.25, 0.3) is 0 Å². The van der Waals surface area contributed by atoms with E-state index >= 15 is 0 Å². The Morgan fingerprint density at radius 3 is 3.38 bits per heavy atom. The lowest BCUT2D eigenvalue weighted by atomic mass is 10.3. The Morgan fingerprint density at radius 1 is 1.69 bits per heavy atom. The van der Waals surface area contributed by atoms with Crippen LogP contribution in [0.15, 0.2) is 23.5 Å². The number of hydrogen-bond donors (Lipinski definition) is 1. The van der Waals surface area contributed by atoms with Crippen LogP contribution in [-0.2, 0) is 6.54 Å². The number of nitrogens with zero attached hydrogens (tertiary/aromatic N) is 3. The summed E-state index contributed by atoms with van der Waals surface area (Å²) in [5, 5.41) is 8.67. The Hall–Kier alpha value is -0.970. The summed E-state index contributed by atoms with van der Waals surface area (Å²) in [4.78, 5) is 4.56. The van der Waals surface area contributed by atoms with Gasteiger partial charge in [0.2, 0.25) is 0 Å². The molecule has 1 fully saturated rings. The van der Waals surface area contributed by atoms with Gasteiger partial charge in [-0.25, -0.2) is 0 Å². The largest absolute Gasteiger partial charge is 0.362 e. The number of hydrogen-bond acceptors (Lipinski definition) is 3. The van der Waals surface area contributed by atoms with E-state index in [1.165, 1.54) is 12.2 Å². The van der Waals surface area contributed by atoms with Crippen LogP contribution in [-0.4, -0.2) is 33.3 Å². The van der Waals surface area contributed by atoms with Crippen molar-refractivity contribution in [2.24, 2.45) is 4.99 Å². The van der Waals surface area contributed by atoms with E-state index in [0.717, 1.165) is 24.7 Å². The van der Waals surface area contributed by atoms with Crippen molar-refractivity contribution in [2.45, 2.75) is 32.4 Å². The SMILES string of the molecule is CC1CCSC(=NCCCn2cccn2)N1. The molecule has 1 aromatic rings. The summed E-state index contributed by atoms with van der Waals surface area (Å²) in [7, 11) is 0. The van der Waals surface area contributed by atoms with Gasteiger partial charge in [-0.2, -0.15) is 5.10 Å². The molecule has 0 bridgehead atoms. The zero-order chi connectivity index (χ0) is 11.2. The lowest BCUT2D eigenvalue weighted by Gasteiger charge is -2.21. The minimum absolute atomic E-state index is 0.575. The van der Waals surface area contributed by atoms with Crippen LogP contribution in [0.5, 0.6) is 0 Å². The van der Waals surface area contributed by atoms with Crippen molar-refractivity contribution in [2.75, 3.05) is 12.3 Å². The fraction of sp³-hybridized carbons (Fsp3) is 0.636. The van der Waals surface area contributed by atoms with E-state index in [4.69, 9.17) is 0 Å². The molecule has 0 radical (unpaired) electrons. The van der Waals surface area contributed by atoms with Crippen LogP contribution in [0.3, 0.4) is 0 Å². The molecule has 88 valence electrons. The van der Waals surface area contributed by atoms with Crippen LogP contribution in [0.4, 0.5) is 0 Å². The number of amidine groups is 1. The summed E-state index contributed by atoms with van der Waals surface area (Å²) in [5.74, 6) is 1.19. The van der Waals surface area contributed by atoms with E-state index in [2.05, 4.69) is 22.3 Å². The highest BCUT2D eigenvalue weighted by molar-refractivity contribution is 8.13. The maximum atomic E-state index is 4.56. The van der Waals surface area contributed by atoms with Crippen molar-refractivity contribution < 1.29 is 0 Å². The predicted molar refractivity (Wildman–Crippen MR) is 68.8 cm³/mol. The van der Waals surface area contributed by atoms with Gasteiger partial charge in [0, 0.05) is 37.3 Å². The molecule has 1 aliphatic rings. The molecule has 0 amide bonds. The summed E-state index contributed by atoms with van der Waals surface area (Å²) < 4.78 is 1.95. The second-order valence-corrected chi connectivity index (χ2v) is 5.08. The minimum Gasteiger partial charge on any atom is -0.362 e. The Bertz CT molecular complexity index is 334. The molecular weight excluding hydrogens is 220 g/mol. The van der Waals surface area contributed by atoms with E-state index in [9.17, 15) is 0 Å². The molecule has 0 aromatic carbocycles. The molecule has 0 saturated carbocycles. The molecule has 1 N–H and O–H groups in total. The molecule has 2 heterocycles. The number of aromatic nitrogens is 2. The van der Waals surface area contributed by atoms with Crippen molar-refractivity contribution in [3.8, 4) is 0 Å². The van der Waals surface area contributed by atoms with Gasteiger partial charge in [-0.15, -0.1) is 0 Å². The normalized spacial score (nSPS) is 23.3. The highest BCUT2D eigenvalue weighted by Crippen LogP contribution is 2.13. The summed E-state index contributed by atoms with van der Waals surface area (Å²) in [6.07, 6.45) is 6.08. The molecule has 1 aromatic heterocycles. The number of aliphatic imine (C=N–C) groups is 1. The second-order valence-electron chi connectivity index (χ2n) is 3.99. The lowest BCUT2D eigenvalue weighted by molar-refractivity contribution is 0.583. The Balaban J connectivity index is 1.68.